The van der Waals surface area contributed by atoms with Gasteiger partial charge in [-0.3, -0.25) is 4.79 Å². The Hall–Kier alpha value is -0.950. The number of carboxylic acid groups (broad SMARTS) is 1. The Kier molecular flexibility index (Phi) is 7.01. The van der Waals surface area contributed by atoms with Gasteiger partial charge in [-0.25, -0.2) is 4.79 Å². The van der Waals surface area contributed by atoms with E-state index in [9.17, 15) is 9.59 Å². The number of hydrogen-bond donors (Lipinski definition) is 2. The monoisotopic (exact) mass is 290 g/mol. The minimum atomic E-state index is -0.929. The van der Waals surface area contributed by atoms with Crippen LogP contribution in [-0.4, -0.2) is 66.4 Å². The molecule has 19 heavy (non-hydrogen) atoms. The molecular formula is C12H22N2O4S. The van der Waals surface area contributed by atoms with Crippen molar-refractivity contribution in [2.75, 3.05) is 33.0 Å². The second kappa shape index (κ2) is 8.27. The number of methoxy groups -OCH3 is 1. The van der Waals surface area contributed by atoms with Gasteiger partial charge >= 0.3 is 12.0 Å². The van der Waals surface area contributed by atoms with Crippen molar-refractivity contribution in [3.8, 4) is 0 Å². The largest absolute Gasteiger partial charge is 0.481 e. The molecule has 110 valence electrons. The lowest BCUT2D eigenvalue weighted by Gasteiger charge is -2.31. The Morgan fingerprint density at radius 1 is 1.47 bits per heavy atom. The molecular weight excluding hydrogens is 268 g/mol. The lowest BCUT2D eigenvalue weighted by molar-refractivity contribution is -0.139. The molecule has 0 spiro atoms. The van der Waals surface area contributed by atoms with Crippen LogP contribution in [0.1, 0.15) is 19.3 Å². The van der Waals surface area contributed by atoms with Gasteiger partial charge in [0.15, 0.2) is 0 Å². The number of nitrogens with zero attached hydrogens (tertiary/aromatic N) is 1. The number of hydrogen-bond acceptors (Lipinski definition) is 4. The lowest BCUT2D eigenvalue weighted by Crippen LogP contribution is -2.47. The van der Waals surface area contributed by atoms with Gasteiger partial charge in [0.2, 0.25) is 0 Å². The molecule has 6 nitrogen and oxygen atoms in total. The number of likely N-dealkylation sites (tertiary alicyclic amines) is 1. The van der Waals surface area contributed by atoms with Gasteiger partial charge in [-0.15, -0.1) is 0 Å². The van der Waals surface area contributed by atoms with Gasteiger partial charge in [-0.05, 0) is 19.1 Å². The van der Waals surface area contributed by atoms with E-state index in [1.165, 1.54) is 7.11 Å². The van der Waals surface area contributed by atoms with Crippen LogP contribution in [0.5, 0.6) is 0 Å². The van der Waals surface area contributed by atoms with Gasteiger partial charge < -0.3 is 20.1 Å². The molecule has 1 rings (SSSR count). The highest BCUT2D eigenvalue weighted by Crippen LogP contribution is 2.20. The van der Waals surface area contributed by atoms with Crippen molar-refractivity contribution >= 4 is 23.8 Å². The first-order valence-corrected chi connectivity index (χ1v) is 7.65. The highest BCUT2D eigenvalue weighted by Gasteiger charge is 2.22. The van der Waals surface area contributed by atoms with Crippen LogP contribution in [0.2, 0.25) is 0 Å². The third kappa shape index (κ3) is 5.69. The number of ether oxygens (including phenoxy) is 1. The number of aliphatic carboxylic acids is 1. The van der Waals surface area contributed by atoms with Gasteiger partial charge in [0.05, 0.1) is 12.5 Å². The third-order valence-corrected chi connectivity index (χ3v) is 4.42. The summed E-state index contributed by atoms with van der Waals surface area (Å²) in [5.74, 6) is -0.929. The topological polar surface area (TPSA) is 78.9 Å². The van der Waals surface area contributed by atoms with Gasteiger partial charge in [-0.2, -0.15) is 11.8 Å². The van der Waals surface area contributed by atoms with E-state index in [-0.39, 0.29) is 19.0 Å². The molecule has 1 aliphatic heterocycles. The number of piperidine rings is 1. The fourth-order valence-electron chi connectivity index (χ4n) is 2.04. The zero-order valence-corrected chi connectivity index (χ0v) is 12.2. The summed E-state index contributed by atoms with van der Waals surface area (Å²) in [4.78, 5) is 24.3. The van der Waals surface area contributed by atoms with Gasteiger partial charge in [0.25, 0.3) is 0 Å². The van der Waals surface area contributed by atoms with E-state index < -0.39 is 12.1 Å². The molecule has 0 radical (unpaired) electrons. The Labute approximate surface area is 117 Å². The molecule has 1 aliphatic rings. The van der Waals surface area contributed by atoms with Gasteiger partial charge in [0.1, 0.15) is 0 Å². The van der Waals surface area contributed by atoms with E-state index in [1.54, 1.807) is 4.90 Å². The smallest absolute Gasteiger partial charge is 0.317 e. The van der Waals surface area contributed by atoms with Crippen molar-refractivity contribution in [1.29, 1.82) is 0 Å². The van der Waals surface area contributed by atoms with E-state index in [0.29, 0.717) is 5.25 Å². The Morgan fingerprint density at radius 2 is 2.11 bits per heavy atom. The SMILES string of the molecule is COC(CNC(=O)N1CCC(SC)CC1)CC(=O)O. The average molecular weight is 290 g/mol. The van der Waals surface area contributed by atoms with E-state index in [4.69, 9.17) is 9.84 Å². The highest BCUT2D eigenvalue weighted by molar-refractivity contribution is 7.99. The maximum Gasteiger partial charge on any atom is 0.317 e. The summed E-state index contributed by atoms with van der Waals surface area (Å²) in [6.07, 6.45) is 3.53. The fourth-order valence-corrected chi connectivity index (χ4v) is 2.72. The van der Waals surface area contributed by atoms with Gasteiger partial charge in [-0.1, -0.05) is 0 Å². The van der Waals surface area contributed by atoms with E-state index in [0.717, 1.165) is 25.9 Å². The molecule has 0 aromatic rings. The zero-order chi connectivity index (χ0) is 14.3. The summed E-state index contributed by atoms with van der Waals surface area (Å²) in [7, 11) is 1.45. The Bertz CT molecular complexity index is 306. The maximum absolute atomic E-state index is 11.9. The number of nitrogens with one attached hydrogen (secondary N) is 1. The number of urea groups is 1. The first-order chi connectivity index (χ1) is 9.06. The van der Waals surface area contributed by atoms with E-state index >= 15 is 0 Å². The van der Waals surface area contributed by atoms with Crippen LogP contribution in [0.25, 0.3) is 0 Å². The molecule has 0 bridgehead atoms. The van der Waals surface area contributed by atoms with Crippen LogP contribution in [-0.2, 0) is 9.53 Å². The van der Waals surface area contributed by atoms with Gasteiger partial charge in [0, 0.05) is 32.0 Å². The van der Waals surface area contributed by atoms with E-state index in [1.807, 2.05) is 11.8 Å². The molecule has 1 atom stereocenters. The first-order valence-electron chi connectivity index (χ1n) is 6.37. The van der Waals surface area contributed by atoms with Crippen LogP contribution >= 0.6 is 11.8 Å². The van der Waals surface area contributed by atoms with E-state index in [2.05, 4.69) is 11.6 Å². The molecule has 1 fully saturated rings. The van der Waals surface area contributed by atoms with Crippen molar-refractivity contribution in [3.63, 3.8) is 0 Å². The summed E-state index contributed by atoms with van der Waals surface area (Å²) in [6.45, 7) is 1.74. The molecule has 1 heterocycles. The lowest BCUT2D eigenvalue weighted by atomic mass is 10.1. The summed E-state index contributed by atoms with van der Waals surface area (Å²) >= 11 is 1.84. The van der Waals surface area contributed by atoms with Crippen LogP contribution in [0, 0.1) is 0 Å². The number of carbonyl (C=O) groups excluding carboxylic acids is 1. The van der Waals surface area contributed by atoms with Crippen LogP contribution in [0.15, 0.2) is 0 Å². The summed E-state index contributed by atoms with van der Waals surface area (Å²) in [5.41, 5.74) is 0. The number of amides is 2. The molecule has 2 N–H and O–H groups in total. The molecule has 0 aromatic carbocycles. The van der Waals surface area contributed by atoms with Crippen molar-refractivity contribution in [2.24, 2.45) is 0 Å². The van der Waals surface area contributed by atoms with Crippen LogP contribution < -0.4 is 5.32 Å². The minimum Gasteiger partial charge on any atom is -0.481 e. The van der Waals surface area contributed by atoms with Crippen molar-refractivity contribution in [2.45, 2.75) is 30.6 Å². The summed E-state index contributed by atoms with van der Waals surface area (Å²) < 4.78 is 5.02. The third-order valence-electron chi connectivity index (χ3n) is 3.28. The molecule has 1 unspecified atom stereocenters. The molecule has 0 saturated carbocycles. The molecule has 7 heteroatoms. The molecule has 0 aromatic heterocycles. The number of carboxylic acids is 1. The highest BCUT2D eigenvalue weighted by atomic mass is 32.2. The minimum absolute atomic E-state index is 0.106. The number of rotatable bonds is 6. The number of carbonyl (C=O) groups is 2. The molecule has 0 aliphatic carbocycles. The van der Waals surface area contributed by atoms with Crippen LogP contribution in [0.3, 0.4) is 0 Å². The standard InChI is InChI=1S/C12H22N2O4S/c1-18-9(7-11(15)16)8-13-12(17)14-5-3-10(19-2)4-6-14/h9-10H,3-8H2,1-2H3,(H,13,17)(H,15,16). The predicted molar refractivity (Wildman–Crippen MR) is 74.6 cm³/mol. The molecule has 1 saturated heterocycles. The zero-order valence-electron chi connectivity index (χ0n) is 11.4. The molecule has 2 amide bonds. The second-order valence-corrected chi connectivity index (χ2v) is 5.70. The van der Waals surface area contributed by atoms with Crippen molar-refractivity contribution in [1.82, 2.24) is 10.2 Å². The summed E-state index contributed by atoms with van der Waals surface area (Å²) in [6, 6.07) is -0.132. The Morgan fingerprint density at radius 3 is 2.58 bits per heavy atom. The fraction of sp³-hybridized carbons (Fsp3) is 0.833. The predicted octanol–water partition coefficient (Wildman–Crippen LogP) is 1.01. The summed E-state index contributed by atoms with van der Waals surface area (Å²) in [5, 5.41) is 12.1. The van der Waals surface area contributed by atoms with Crippen LogP contribution in [0.4, 0.5) is 4.79 Å². The van der Waals surface area contributed by atoms with Crippen molar-refractivity contribution in [3.05, 3.63) is 0 Å². The quantitative estimate of drug-likeness (QED) is 0.763. The maximum atomic E-state index is 11.9. The average Bonchev–Trinajstić information content (AvgIpc) is 2.42. The number of thioether (sulfide) groups is 1. The Balaban J connectivity index is 2.29. The second-order valence-electron chi connectivity index (χ2n) is 4.56. The normalized spacial score (nSPS) is 18.1. The first kappa shape index (κ1) is 16.1. The van der Waals surface area contributed by atoms with Crippen molar-refractivity contribution < 1.29 is 19.4 Å².